The normalized spacial score (nSPS) is 8.53. The van der Waals surface area contributed by atoms with Crippen molar-refractivity contribution in [1.29, 1.82) is 10.5 Å². The fourth-order valence-electron chi connectivity index (χ4n) is 1.09. The Balaban J connectivity index is 3.27. The molecule has 0 saturated heterocycles. The molecular formula is C11H7ClN2O. The molecule has 0 aromatic heterocycles. The van der Waals surface area contributed by atoms with Crippen molar-refractivity contribution in [3.05, 3.63) is 40.4 Å². The van der Waals surface area contributed by atoms with Gasteiger partial charge in [-0.3, -0.25) is 0 Å². The molecule has 0 unspecified atom stereocenters. The van der Waals surface area contributed by atoms with Crippen LogP contribution in [0.15, 0.2) is 29.8 Å². The number of methoxy groups -OCH3 is 1. The molecule has 0 N–H and O–H groups in total. The molecular weight excluding hydrogens is 212 g/mol. The second-order valence-corrected chi connectivity index (χ2v) is 3.08. The van der Waals surface area contributed by atoms with Gasteiger partial charge in [-0.1, -0.05) is 11.6 Å². The fraction of sp³-hybridized carbons (Fsp3) is 0.0909. The van der Waals surface area contributed by atoms with Crippen LogP contribution in [-0.2, 0) is 4.74 Å². The van der Waals surface area contributed by atoms with Crippen LogP contribution in [0.3, 0.4) is 0 Å². The summed E-state index contributed by atoms with van der Waals surface area (Å²) in [5, 5.41) is 18.0. The van der Waals surface area contributed by atoms with Crippen molar-refractivity contribution in [2.24, 2.45) is 0 Å². The minimum Gasteiger partial charge on any atom is -0.494 e. The van der Waals surface area contributed by atoms with E-state index in [-0.39, 0.29) is 11.3 Å². The number of rotatable bonds is 2. The van der Waals surface area contributed by atoms with E-state index in [1.54, 1.807) is 36.4 Å². The van der Waals surface area contributed by atoms with Gasteiger partial charge in [0, 0.05) is 10.6 Å². The highest BCUT2D eigenvalue weighted by Gasteiger charge is 2.08. The van der Waals surface area contributed by atoms with E-state index < -0.39 is 0 Å². The van der Waals surface area contributed by atoms with Crippen molar-refractivity contribution in [2.75, 3.05) is 7.11 Å². The maximum atomic E-state index is 8.71. The number of nitriles is 2. The summed E-state index contributed by atoms with van der Waals surface area (Å²) in [5.41, 5.74) is 0.597. The standard InChI is InChI=1S/C11H7ClN2O/c1-15-11(9(6-13)7-14)8-2-4-10(12)5-3-8/h2-5H,1H3. The second kappa shape index (κ2) is 5.05. The quantitative estimate of drug-likeness (QED) is 0.567. The lowest BCUT2D eigenvalue weighted by atomic mass is 10.1. The van der Waals surface area contributed by atoms with E-state index in [1.807, 2.05) is 0 Å². The molecule has 0 bridgehead atoms. The summed E-state index contributed by atoms with van der Waals surface area (Å²) < 4.78 is 5.01. The Hall–Kier alpha value is -1.97. The minimum absolute atomic E-state index is 0.0557. The predicted molar refractivity (Wildman–Crippen MR) is 56.6 cm³/mol. The first kappa shape index (κ1) is 11.1. The second-order valence-electron chi connectivity index (χ2n) is 2.64. The van der Waals surface area contributed by atoms with Gasteiger partial charge in [-0.05, 0) is 24.3 Å². The van der Waals surface area contributed by atoms with E-state index in [9.17, 15) is 0 Å². The van der Waals surface area contributed by atoms with Crippen molar-refractivity contribution in [2.45, 2.75) is 0 Å². The Labute approximate surface area is 92.8 Å². The third-order valence-corrected chi connectivity index (χ3v) is 2.01. The zero-order valence-electron chi connectivity index (χ0n) is 7.99. The first-order chi connectivity index (χ1) is 7.22. The average Bonchev–Trinajstić information content (AvgIpc) is 2.27. The highest BCUT2D eigenvalue weighted by molar-refractivity contribution is 6.30. The lowest BCUT2D eigenvalue weighted by Gasteiger charge is -2.05. The van der Waals surface area contributed by atoms with E-state index in [1.165, 1.54) is 7.11 Å². The van der Waals surface area contributed by atoms with E-state index in [4.69, 9.17) is 26.9 Å². The maximum Gasteiger partial charge on any atom is 0.172 e. The lowest BCUT2D eigenvalue weighted by molar-refractivity contribution is 0.369. The van der Waals surface area contributed by atoms with Crippen molar-refractivity contribution in [1.82, 2.24) is 0 Å². The molecule has 0 spiro atoms. The SMILES string of the molecule is COC(=C(C#N)C#N)c1ccc(Cl)cc1. The van der Waals surface area contributed by atoms with Crippen LogP contribution in [0.4, 0.5) is 0 Å². The molecule has 0 amide bonds. The number of nitrogens with zero attached hydrogens (tertiary/aromatic N) is 2. The third kappa shape index (κ3) is 2.49. The summed E-state index contributed by atoms with van der Waals surface area (Å²) in [6.07, 6.45) is 0. The van der Waals surface area contributed by atoms with Gasteiger partial charge < -0.3 is 4.74 Å². The van der Waals surface area contributed by atoms with Crippen LogP contribution < -0.4 is 0 Å². The Morgan fingerprint density at radius 2 is 1.73 bits per heavy atom. The Morgan fingerprint density at radius 1 is 1.20 bits per heavy atom. The summed E-state index contributed by atoms with van der Waals surface area (Å²) in [5.74, 6) is 0.261. The zero-order valence-corrected chi connectivity index (χ0v) is 8.75. The molecule has 1 aromatic carbocycles. The molecule has 4 heteroatoms. The summed E-state index contributed by atoms with van der Waals surface area (Å²) in [4.78, 5) is 0. The van der Waals surface area contributed by atoms with E-state index in [0.717, 1.165) is 0 Å². The number of benzene rings is 1. The average molecular weight is 219 g/mol. The predicted octanol–water partition coefficient (Wildman–Crippen LogP) is 2.74. The number of hydrogen-bond acceptors (Lipinski definition) is 3. The largest absolute Gasteiger partial charge is 0.494 e. The molecule has 1 aromatic rings. The van der Waals surface area contributed by atoms with Crippen LogP contribution in [0.25, 0.3) is 5.76 Å². The van der Waals surface area contributed by atoms with Crippen LogP contribution in [0.2, 0.25) is 5.02 Å². The van der Waals surface area contributed by atoms with Gasteiger partial charge in [-0.2, -0.15) is 10.5 Å². The van der Waals surface area contributed by atoms with Gasteiger partial charge in [0.1, 0.15) is 12.1 Å². The Morgan fingerprint density at radius 3 is 2.13 bits per heavy atom. The maximum absolute atomic E-state index is 8.71. The van der Waals surface area contributed by atoms with Crippen LogP contribution in [0, 0.1) is 22.7 Å². The van der Waals surface area contributed by atoms with Gasteiger partial charge in [0.25, 0.3) is 0 Å². The molecule has 0 aliphatic heterocycles. The third-order valence-electron chi connectivity index (χ3n) is 1.76. The van der Waals surface area contributed by atoms with Crippen LogP contribution >= 0.6 is 11.6 Å². The molecule has 0 heterocycles. The van der Waals surface area contributed by atoms with Gasteiger partial charge in [0.15, 0.2) is 11.3 Å². The molecule has 0 aliphatic rings. The monoisotopic (exact) mass is 218 g/mol. The molecule has 1 rings (SSSR count). The summed E-state index contributed by atoms with van der Waals surface area (Å²) >= 11 is 5.72. The van der Waals surface area contributed by atoms with Gasteiger partial charge in [-0.15, -0.1) is 0 Å². The van der Waals surface area contributed by atoms with E-state index >= 15 is 0 Å². The minimum atomic E-state index is -0.0557. The Kier molecular flexibility index (Phi) is 3.74. The van der Waals surface area contributed by atoms with Gasteiger partial charge in [-0.25, -0.2) is 0 Å². The number of halogens is 1. The highest BCUT2D eigenvalue weighted by atomic mass is 35.5. The Bertz CT molecular complexity index is 447. The van der Waals surface area contributed by atoms with E-state index in [0.29, 0.717) is 10.6 Å². The van der Waals surface area contributed by atoms with Crippen LogP contribution in [0.5, 0.6) is 0 Å². The summed E-state index contributed by atoms with van der Waals surface area (Å²) in [7, 11) is 1.42. The lowest BCUT2D eigenvalue weighted by Crippen LogP contribution is -1.91. The molecule has 0 atom stereocenters. The van der Waals surface area contributed by atoms with Crippen molar-refractivity contribution >= 4 is 17.4 Å². The molecule has 3 nitrogen and oxygen atoms in total. The molecule has 15 heavy (non-hydrogen) atoms. The fourth-order valence-corrected chi connectivity index (χ4v) is 1.22. The van der Waals surface area contributed by atoms with Crippen LogP contribution in [-0.4, -0.2) is 7.11 Å². The van der Waals surface area contributed by atoms with Crippen LogP contribution in [0.1, 0.15) is 5.56 Å². The van der Waals surface area contributed by atoms with Crippen molar-refractivity contribution < 1.29 is 4.74 Å². The van der Waals surface area contributed by atoms with Gasteiger partial charge in [0.05, 0.1) is 7.11 Å². The molecule has 0 fully saturated rings. The molecule has 0 saturated carbocycles. The summed E-state index contributed by atoms with van der Waals surface area (Å²) in [6, 6.07) is 10.3. The van der Waals surface area contributed by atoms with Crippen molar-refractivity contribution in [3.8, 4) is 12.1 Å². The van der Waals surface area contributed by atoms with E-state index in [2.05, 4.69) is 0 Å². The first-order valence-electron chi connectivity index (χ1n) is 4.07. The number of allylic oxidation sites excluding steroid dienone is 1. The molecule has 0 aliphatic carbocycles. The summed E-state index contributed by atoms with van der Waals surface area (Å²) in [6.45, 7) is 0. The smallest absolute Gasteiger partial charge is 0.172 e. The van der Waals surface area contributed by atoms with Gasteiger partial charge in [0.2, 0.25) is 0 Å². The number of hydrogen-bond donors (Lipinski definition) is 0. The highest BCUT2D eigenvalue weighted by Crippen LogP contribution is 2.20. The van der Waals surface area contributed by atoms with Gasteiger partial charge >= 0.3 is 0 Å². The first-order valence-corrected chi connectivity index (χ1v) is 4.45. The zero-order chi connectivity index (χ0) is 11.3. The molecule has 74 valence electrons. The topological polar surface area (TPSA) is 56.8 Å². The van der Waals surface area contributed by atoms with Crippen molar-refractivity contribution in [3.63, 3.8) is 0 Å². The number of ether oxygens (including phenoxy) is 1. The molecule has 0 radical (unpaired) electrons.